The van der Waals surface area contributed by atoms with Crippen molar-refractivity contribution in [3.8, 4) is 0 Å². The SMILES string of the molecule is CC(C)(C)C(=O)NCc1cc2ccccc2[nH]1. The number of carbonyl (C=O) groups is 1. The summed E-state index contributed by atoms with van der Waals surface area (Å²) in [7, 11) is 0. The summed E-state index contributed by atoms with van der Waals surface area (Å²) in [5.74, 6) is 0.0659. The molecule has 1 amide bonds. The molecule has 2 aromatic rings. The zero-order chi connectivity index (χ0) is 12.5. The number of hydrogen-bond acceptors (Lipinski definition) is 1. The maximum atomic E-state index is 11.7. The summed E-state index contributed by atoms with van der Waals surface area (Å²) >= 11 is 0. The summed E-state index contributed by atoms with van der Waals surface area (Å²) in [6.07, 6.45) is 0. The number of aromatic nitrogens is 1. The molecule has 2 N–H and O–H groups in total. The van der Waals surface area contributed by atoms with Crippen molar-refractivity contribution in [3.05, 3.63) is 36.0 Å². The molecule has 0 aliphatic rings. The fourth-order valence-electron chi connectivity index (χ4n) is 1.67. The van der Waals surface area contributed by atoms with Crippen LogP contribution >= 0.6 is 0 Å². The molecule has 0 radical (unpaired) electrons. The van der Waals surface area contributed by atoms with E-state index in [1.54, 1.807) is 0 Å². The van der Waals surface area contributed by atoms with Crippen molar-refractivity contribution in [2.45, 2.75) is 27.3 Å². The van der Waals surface area contributed by atoms with Crippen molar-refractivity contribution < 1.29 is 4.79 Å². The van der Waals surface area contributed by atoms with E-state index < -0.39 is 0 Å². The van der Waals surface area contributed by atoms with Crippen molar-refractivity contribution in [3.63, 3.8) is 0 Å². The van der Waals surface area contributed by atoms with Crippen LogP contribution < -0.4 is 5.32 Å². The topological polar surface area (TPSA) is 44.9 Å². The van der Waals surface area contributed by atoms with Gasteiger partial charge in [0, 0.05) is 16.6 Å². The Morgan fingerprint density at radius 2 is 2.00 bits per heavy atom. The normalized spacial score (nSPS) is 11.7. The van der Waals surface area contributed by atoms with Gasteiger partial charge in [-0.25, -0.2) is 0 Å². The average molecular weight is 230 g/mol. The van der Waals surface area contributed by atoms with Crippen LogP contribution in [0, 0.1) is 5.41 Å². The number of fused-ring (bicyclic) bond motifs is 1. The maximum absolute atomic E-state index is 11.7. The summed E-state index contributed by atoms with van der Waals surface area (Å²) < 4.78 is 0. The highest BCUT2D eigenvalue weighted by Gasteiger charge is 2.20. The Balaban J connectivity index is 2.07. The van der Waals surface area contributed by atoms with Crippen LogP contribution in [0.4, 0.5) is 0 Å². The lowest BCUT2D eigenvalue weighted by Gasteiger charge is -2.17. The van der Waals surface area contributed by atoms with E-state index >= 15 is 0 Å². The van der Waals surface area contributed by atoms with Gasteiger partial charge >= 0.3 is 0 Å². The van der Waals surface area contributed by atoms with Crippen LogP contribution in [0.2, 0.25) is 0 Å². The quantitative estimate of drug-likeness (QED) is 0.818. The lowest BCUT2D eigenvalue weighted by Crippen LogP contribution is -2.34. The molecule has 0 bridgehead atoms. The molecule has 3 heteroatoms. The third-order valence-corrected chi connectivity index (χ3v) is 2.71. The smallest absolute Gasteiger partial charge is 0.225 e. The first-order chi connectivity index (χ1) is 7.97. The van der Waals surface area contributed by atoms with E-state index in [1.807, 2.05) is 39.0 Å². The minimum atomic E-state index is -0.341. The van der Waals surface area contributed by atoms with Crippen molar-refractivity contribution >= 4 is 16.8 Å². The van der Waals surface area contributed by atoms with Gasteiger partial charge in [-0.2, -0.15) is 0 Å². The molecular formula is C14H18N2O. The summed E-state index contributed by atoms with van der Waals surface area (Å²) in [6, 6.07) is 10.2. The van der Waals surface area contributed by atoms with Gasteiger partial charge in [0.25, 0.3) is 0 Å². The van der Waals surface area contributed by atoms with Crippen LogP contribution in [-0.4, -0.2) is 10.9 Å². The molecule has 0 atom stereocenters. The second-order valence-corrected chi connectivity index (χ2v) is 5.31. The van der Waals surface area contributed by atoms with E-state index in [4.69, 9.17) is 0 Å². The molecule has 0 fully saturated rings. The molecule has 1 heterocycles. The molecule has 0 aliphatic carbocycles. The van der Waals surface area contributed by atoms with Crippen molar-refractivity contribution in [1.82, 2.24) is 10.3 Å². The van der Waals surface area contributed by atoms with Gasteiger partial charge < -0.3 is 10.3 Å². The summed E-state index contributed by atoms with van der Waals surface area (Å²) in [6.45, 7) is 6.28. The number of rotatable bonds is 2. The number of aromatic amines is 1. The van der Waals surface area contributed by atoms with E-state index in [0.717, 1.165) is 11.2 Å². The number of hydrogen-bond donors (Lipinski definition) is 2. The van der Waals surface area contributed by atoms with E-state index in [-0.39, 0.29) is 11.3 Å². The zero-order valence-electron chi connectivity index (χ0n) is 10.5. The summed E-state index contributed by atoms with van der Waals surface area (Å²) in [4.78, 5) is 15.0. The monoisotopic (exact) mass is 230 g/mol. The average Bonchev–Trinajstić information content (AvgIpc) is 2.66. The predicted molar refractivity (Wildman–Crippen MR) is 69.6 cm³/mol. The third kappa shape index (κ3) is 2.67. The van der Waals surface area contributed by atoms with E-state index in [9.17, 15) is 4.79 Å². The first kappa shape index (κ1) is 11.7. The van der Waals surface area contributed by atoms with Gasteiger partial charge in [-0.1, -0.05) is 39.0 Å². The highest BCUT2D eigenvalue weighted by atomic mass is 16.2. The van der Waals surface area contributed by atoms with Gasteiger partial charge in [0.1, 0.15) is 0 Å². The van der Waals surface area contributed by atoms with Crippen LogP contribution in [0.15, 0.2) is 30.3 Å². The van der Waals surface area contributed by atoms with Gasteiger partial charge in [-0.3, -0.25) is 4.79 Å². The number of H-pyrrole nitrogens is 1. The van der Waals surface area contributed by atoms with Gasteiger partial charge in [0.15, 0.2) is 0 Å². The largest absolute Gasteiger partial charge is 0.357 e. The predicted octanol–water partition coefficient (Wildman–Crippen LogP) is 2.83. The first-order valence-corrected chi connectivity index (χ1v) is 5.82. The van der Waals surface area contributed by atoms with Gasteiger partial charge in [-0.05, 0) is 17.5 Å². The minimum absolute atomic E-state index is 0.0659. The molecular weight excluding hydrogens is 212 g/mol. The van der Waals surface area contributed by atoms with Crippen LogP contribution in [0.5, 0.6) is 0 Å². The zero-order valence-corrected chi connectivity index (χ0v) is 10.5. The molecule has 17 heavy (non-hydrogen) atoms. The van der Waals surface area contributed by atoms with Gasteiger partial charge in [0.2, 0.25) is 5.91 Å². The number of para-hydroxylation sites is 1. The van der Waals surface area contributed by atoms with E-state index in [2.05, 4.69) is 22.4 Å². The molecule has 0 saturated heterocycles. The Morgan fingerprint density at radius 1 is 1.29 bits per heavy atom. The Labute approximate surface area is 101 Å². The Hall–Kier alpha value is -1.77. The lowest BCUT2D eigenvalue weighted by atomic mass is 9.96. The van der Waals surface area contributed by atoms with Crippen molar-refractivity contribution in [1.29, 1.82) is 0 Å². The molecule has 0 unspecified atom stereocenters. The summed E-state index contributed by atoms with van der Waals surface area (Å²) in [5.41, 5.74) is 1.79. The highest BCUT2D eigenvalue weighted by Crippen LogP contribution is 2.16. The Bertz CT molecular complexity index is 501. The number of benzene rings is 1. The van der Waals surface area contributed by atoms with E-state index in [1.165, 1.54) is 5.39 Å². The van der Waals surface area contributed by atoms with Crippen LogP contribution in [0.3, 0.4) is 0 Å². The van der Waals surface area contributed by atoms with Crippen molar-refractivity contribution in [2.75, 3.05) is 0 Å². The second kappa shape index (κ2) is 4.24. The number of carbonyl (C=O) groups excluding carboxylic acids is 1. The fraction of sp³-hybridized carbons (Fsp3) is 0.357. The van der Waals surface area contributed by atoms with Crippen LogP contribution in [0.1, 0.15) is 26.5 Å². The second-order valence-electron chi connectivity index (χ2n) is 5.31. The Morgan fingerprint density at radius 3 is 2.65 bits per heavy atom. The standard InChI is InChI=1S/C14H18N2O/c1-14(2,3)13(17)15-9-11-8-10-6-4-5-7-12(10)16-11/h4-8,16H,9H2,1-3H3,(H,15,17). The van der Waals surface area contributed by atoms with E-state index in [0.29, 0.717) is 6.54 Å². The third-order valence-electron chi connectivity index (χ3n) is 2.71. The highest BCUT2D eigenvalue weighted by molar-refractivity contribution is 5.82. The molecule has 0 aliphatic heterocycles. The minimum Gasteiger partial charge on any atom is -0.357 e. The molecule has 1 aromatic heterocycles. The first-order valence-electron chi connectivity index (χ1n) is 5.82. The number of nitrogens with one attached hydrogen (secondary N) is 2. The fourth-order valence-corrected chi connectivity index (χ4v) is 1.67. The molecule has 0 saturated carbocycles. The molecule has 90 valence electrons. The van der Waals surface area contributed by atoms with Crippen LogP contribution in [0.25, 0.3) is 10.9 Å². The van der Waals surface area contributed by atoms with Gasteiger partial charge in [-0.15, -0.1) is 0 Å². The molecule has 1 aromatic carbocycles. The number of amides is 1. The summed E-state index contributed by atoms with van der Waals surface area (Å²) in [5, 5.41) is 4.10. The molecule has 3 nitrogen and oxygen atoms in total. The Kier molecular flexibility index (Phi) is 2.92. The molecule has 0 spiro atoms. The lowest BCUT2D eigenvalue weighted by molar-refractivity contribution is -0.128. The molecule has 2 rings (SSSR count). The van der Waals surface area contributed by atoms with Crippen molar-refractivity contribution in [2.24, 2.45) is 5.41 Å². The van der Waals surface area contributed by atoms with Gasteiger partial charge in [0.05, 0.1) is 6.54 Å². The maximum Gasteiger partial charge on any atom is 0.225 e. The van der Waals surface area contributed by atoms with Crippen LogP contribution in [-0.2, 0) is 11.3 Å².